The number of hydrogen-bond donors (Lipinski definition) is 1. The average molecular weight is 507 g/mol. The van der Waals surface area contributed by atoms with Crippen molar-refractivity contribution in [2.24, 2.45) is 16.7 Å². The van der Waals surface area contributed by atoms with Crippen LogP contribution in [0, 0.1) is 23.7 Å². The number of esters is 2. The summed E-state index contributed by atoms with van der Waals surface area (Å²) in [6.07, 6.45) is 0.814. The quantitative estimate of drug-likeness (QED) is 0.419. The molecule has 1 saturated carbocycles. The van der Waals surface area contributed by atoms with Gasteiger partial charge in [0, 0.05) is 18.9 Å². The van der Waals surface area contributed by atoms with E-state index in [9.17, 15) is 24.0 Å². The van der Waals surface area contributed by atoms with Crippen LogP contribution in [0.2, 0.25) is 0 Å². The summed E-state index contributed by atoms with van der Waals surface area (Å²) in [5, 5.41) is 2.85. The molecule has 10 heteroatoms. The van der Waals surface area contributed by atoms with Crippen LogP contribution >= 0.6 is 11.3 Å². The number of nitrogens with one attached hydrogen (secondary N) is 1. The van der Waals surface area contributed by atoms with Crippen LogP contribution in [-0.4, -0.2) is 53.8 Å². The van der Waals surface area contributed by atoms with Crippen molar-refractivity contribution < 1.29 is 33.4 Å². The van der Waals surface area contributed by atoms with E-state index in [1.807, 2.05) is 20.8 Å². The minimum absolute atomic E-state index is 0.0486. The van der Waals surface area contributed by atoms with E-state index >= 15 is 0 Å². The van der Waals surface area contributed by atoms with Crippen LogP contribution < -0.4 is 5.32 Å². The summed E-state index contributed by atoms with van der Waals surface area (Å²) in [6.45, 7) is 12.6. The Morgan fingerprint density at radius 1 is 1.17 bits per heavy atom. The van der Waals surface area contributed by atoms with E-state index in [4.69, 9.17) is 9.47 Å². The van der Waals surface area contributed by atoms with E-state index in [-0.39, 0.29) is 58.9 Å². The Labute approximate surface area is 209 Å². The molecule has 1 aliphatic carbocycles. The first-order chi connectivity index (χ1) is 16.3. The molecule has 1 aromatic rings. The zero-order valence-corrected chi connectivity index (χ0v) is 22.2. The predicted octanol–water partition coefficient (Wildman–Crippen LogP) is 3.94. The number of carbonyl (C=O) groups is 5. The molecule has 192 valence electrons. The Morgan fingerprint density at radius 3 is 2.43 bits per heavy atom. The summed E-state index contributed by atoms with van der Waals surface area (Å²) >= 11 is 0.936. The lowest BCUT2D eigenvalue weighted by molar-refractivity contribution is -0.167. The number of thiophene rings is 1. The fourth-order valence-electron chi connectivity index (χ4n) is 5.03. The lowest BCUT2D eigenvalue weighted by Gasteiger charge is -2.47. The van der Waals surface area contributed by atoms with Gasteiger partial charge < -0.3 is 14.8 Å². The minimum atomic E-state index is -0.659. The van der Waals surface area contributed by atoms with Gasteiger partial charge >= 0.3 is 11.9 Å². The Balaban J connectivity index is 1.77. The molecule has 1 aliphatic heterocycles. The van der Waals surface area contributed by atoms with Crippen molar-refractivity contribution in [1.82, 2.24) is 4.90 Å². The molecule has 0 radical (unpaired) electrons. The van der Waals surface area contributed by atoms with Gasteiger partial charge in [0.1, 0.15) is 9.88 Å². The number of carbonyl (C=O) groups excluding carboxylic acids is 5. The van der Waals surface area contributed by atoms with Crippen LogP contribution in [0.15, 0.2) is 0 Å². The molecule has 1 saturated heterocycles. The maximum Gasteiger partial charge on any atom is 0.348 e. The molecule has 2 atom stereocenters. The molecule has 35 heavy (non-hydrogen) atoms. The summed E-state index contributed by atoms with van der Waals surface area (Å²) in [4.78, 5) is 65.5. The van der Waals surface area contributed by atoms with Crippen LogP contribution in [0.3, 0.4) is 0 Å². The van der Waals surface area contributed by atoms with Gasteiger partial charge in [-0.3, -0.25) is 19.3 Å². The number of anilines is 1. The summed E-state index contributed by atoms with van der Waals surface area (Å²) in [6, 6.07) is 0. The second kappa shape index (κ2) is 9.72. The molecule has 0 spiro atoms. The van der Waals surface area contributed by atoms with Crippen LogP contribution in [0.4, 0.5) is 5.00 Å². The first kappa shape index (κ1) is 26.8. The Hall–Kier alpha value is -2.75. The lowest BCUT2D eigenvalue weighted by Crippen LogP contribution is -2.59. The molecule has 2 bridgehead atoms. The molecule has 2 aliphatic rings. The highest BCUT2D eigenvalue weighted by Crippen LogP contribution is 2.60. The van der Waals surface area contributed by atoms with Gasteiger partial charge in [-0.1, -0.05) is 20.8 Å². The number of likely N-dealkylation sites (tertiary alicyclic amines) is 1. The maximum atomic E-state index is 13.2. The van der Waals surface area contributed by atoms with E-state index in [1.54, 1.807) is 27.7 Å². The van der Waals surface area contributed by atoms with Gasteiger partial charge in [0.2, 0.25) is 17.7 Å². The van der Waals surface area contributed by atoms with Gasteiger partial charge in [-0.25, -0.2) is 9.59 Å². The summed E-state index contributed by atoms with van der Waals surface area (Å²) in [5.41, 5.74) is -0.611. The maximum absolute atomic E-state index is 13.2. The Kier molecular flexibility index (Phi) is 7.45. The number of nitrogens with zero attached hydrogens (tertiary/aromatic N) is 1. The third-order valence-corrected chi connectivity index (χ3v) is 8.66. The molecule has 1 aromatic heterocycles. The third-order valence-electron chi connectivity index (χ3n) is 7.48. The van der Waals surface area contributed by atoms with Crippen molar-refractivity contribution >= 4 is 46.0 Å². The van der Waals surface area contributed by atoms with E-state index in [0.717, 1.165) is 11.3 Å². The molecule has 2 fully saturated rings. The van der Waals surface area contributed by atoms with Crippen molar-refractivity contribution in [2.45, 2.75) is 73.8 Å². The van der Waals surface area contributed by atoms with Crippen LogP contribution in [0.5, 0.6) is 0 Å². The summed E-state index contributed by atoms with van der Waals surface area (Å²) < 4.78 is 10.4. The zero-order valence-electron chi connectivity index (χ0n) is 21.4. The Bertz CT molecular complexity index is 1070. The SMILES string of the molecule is CCOC(=O)c1c(NC(=O)CCN2C(=O)C3CCC(C)(C2=O)C3(C)C)sc(C(=O)OC(C)C)c1C. The number of fused-ring (bicyclic) bond motifs is 2. The van der Waals surface area contributed by atoms with Gasteiger partial charge in [-0.2, -0.15) is 0 Å². The predicted molar refractivity (Wildman–Crippen MR) is 130 cm³/mol. The normalized spacial score (nSPS) is 23.0. The molecule has 1 N–H and O–H groups in total. The Morgan fingerprint density at radius 2 is 1.83 bits per heavy atom. The van der Waals surface area contributed by atoms with Crippen molar-refractivity contribution in [3.8, 4) is 0 Å². The second-order valence-corrected chi connectivity index (χ2v) is 11.2. The monoisotopic (exact) mass is 506 g/mol. The van der Waals surface area contributed by atoms with Gasteiger partial charge in [0.15, 0.2) is 0 Å². The molecular formula is C25H34N2O7S. The largest absolute Gasteiger partial charge is 0.462 e. The van der Waals surface area contributed by atoms with Crippen LogP contribution in [0.25, 0.3) is 0 Å². The smallest absolute Gasteiger partial charge is 0.348 e. The van der Waals surface area contributed by atoms with E-state index in [1.165, 1.54) is 4.90 Å². The van der Waals surface area contributed by atoms with Crippen molar-refractivity contribution in [2.75, 3.05) is 18.5 Å². The third kappa shape index (κ3) is 4.60. The van der Waals surface area contributed by atoms with Gasteiger partial charge in [-0.15, -0.1) is 11.3 Å². The van der Waals surface area contributed by atoms with Crippen LogP contribution in [0.1, 0.15) is 86.4 Å². The topological polar surface area (TPSA) is 119 Å². The molecule has 3 rings (SSSR count). The molecule has 0 aromatic carbocycles. The number of imide groups is 1. The van der Waals surface area contributed by atoms with Gasteiger partial charge in [-0.05, 0) is 51.5 Å². The first-order valence-corrected chi connectivity index (χ1v) is 12.7. The number of ether oxygens (including phenoxy) is 2. The molecule has 9 nitrogen and oxygen atoms in total. The summed E-state index contributed by atoms with van der Waals surface area (Å²) in [5.74, 6) is -2.47. The second-order valence-electron chi connectivity index (χ2n) is 10.2. The highest BCUT2D eigenvalue weighted by atomic mass is 32.1. The average Bonchev–Trinajstić information content (AvgIpc) is 3.16. The molecular weight excluding hydrogens is 472 g/mol. The highest BCUT2D eigenvalue weighted by molar-refractivity contribution is 7.18. The van der Waals surface area contributed by atoms with E-state index in [2.05, 4.69) is 5.32 Å². The lowest BCUT2D eigenvalue weighted by atomic mass is 9.62. The minimum Gasteiger partial charge on any atom is -0.462 e. The summed E-state index contributed by atoms with van der Waals surface area (Å²) in [7, 11) is 0. The standard InChI is InChI=1S/C25H34N2O7S/c1-8-33-21(30)17-14(4)18(22(31)34-13(2)3)35-19(17)26-16(28)10-12-27-20(29)15-9-11-25(7,23(27)32)24(15,5)6/h13,15H,8-12H2,1-7H3,(H,26,28). The fraction of sp³-hybridized carbons (Fsp3) is 0.640. The van der Waals surface area contributed by atoms with E-state index in [0.29, 0.717) is 18.4 Å². The van der Waals surface area contributed by atoms with Crippen molar-refractivity contribution in [3.63, 3.8) is 0 Å². The van der Waals surface area contributed by atoms with Gasteiger partial charge in [0.25, 0.3) is 0 Å². The van der Waals surface area contributed by atoms with E-state index < -0.39 is 28.7 Å². The highest BCUT2D eigenvalue weighted by Gasteiger charge is 2.64. The van der Waals surface area contributed by atoms with Crippen LogP contribution in [-0.2, 0) is 23.9 Å². The number of amides is 3. The molecule has 3 amide bonds. The molecule has 2 unspecified atom stereocenters. The fourth-order valence-corrected chi connectivity index (χ4v) is 6.12. The zero-order chi connectivity index (χ0) is 26.3. The van der Waals surface area contributed by atoms with Crippen molar-refractivity contribution in [1.29, 1.82) is 0 Å². The molecule has 2 heterocycles. The van der Waals surface area contributed by atoms with Gasteiger partial charge in [0.05, 0.1) is 23.7 Å². The number of rotatable bonds is 8. The first-order valence-electron chi connectivity index (χ1n) is 11.9. The number of piperidine rings is 1. The number of hydrogen-bond acceptors (Lipinski definition) is 8. The van der Waals surface area contributed by atoms with Crippen molar-refractivity contribution in [3.05, 3.63) is 16.0 Å².